The van der Waals surface area contributed by atoms with Gasteiger partial charge in [-0.3, -0.25) is 0 Å². The van der Waals surface area contributed by atoms with E-state index in [0.29, 0.717) is 0 Å². The van der Waals surface area contributed by atoms with Gasteiger partial charge in [-0.05, 0) is 272 Å². The molecule has 0 bridgehead atoms. The Morgan fingerprint density at radius 1 is 0.211 bits per heavy atom. The van der Waals surface area contributed by atoms with Gasteiger partial charge in [0.2, 0.25) is 0 Å². The van der Waals surface area contributed by atoms with E-state index in [2.05, 4.69) is 418 Å². The summed E-state index contributed by atoms with van der Waals surface area (Å²) in [5.41, 5.74) is 16.7. The summed E-state index contributed by atoms with van der Waals surface area (Å²) in [5.74, 6) is 27.7. The van der Waals surface area contributed by atoms with E-state index >= 15 is 0 Å². The molecule has 0 nitrogen and oxygen atoms in total. The summed E-state index contributed by atoms with van der Waals surface area (Å²) in [6.07, 6.45) is 7.16. The van der Waals surface area contributed by atoms with Crippen LogP contribution >= 0.6 is 0 Å². The summed E-state index contributed by atoms with van der Waals surface area (Å²) in [6.45, 7) is 17.9. The number of hydrogen-bond acceptors (Lipinski definition) is 0. The molecule has 114 heavy (non-hydrogen) atoms. The summed E-state index contributed by atoms with van der Waals surface area (Å²) in [6, 6.07) is 115. The second-order valence-electron chi connectivity index (χ2n) is 32.8. The maximum atomic E-state index is 3.50. The fraction of sp³-hybridized carbons (Fsp3) is 0.140. The third-order valence-corrected chi connectivity index (χ3v) is 23.3. The van der Waals surface area contributed by atoms with E-state index in [1.165, 1.54) is 188 Å². The standard InChI is InChI=1S/2C44H36.C26H16/c1-43(2,3)33-23-15-29(16-24-33)13-19-31-21-27-39-40-28-22-32(20-14-30-17-25-34(26-18-30)44(4,5)6)36-10-8-12-38(42(36)40)37-11-7-9-35(31)41(37)39;1-3-5-9-31-15-19-33(20-16-31)23-25-35-27-29-41-42-30-28-36(26-24-34-21-17-32(18-22-34)10-6-4-2)38-12-8-14-40(44(38)42)39-13-7-11-37(35)43(39)41;1-2-7-17(8-3-1)19-15-16-24-22-12-5-10-18-9-4-11-21(25(18)22)23-14-6-13-20(19)26(23)24/h7-12,15-18,21-28H,1-6H3;7-8,11-22,27-30H,3-6,9-10H2,1-2H3;1-16H. The zero-order valence-corrected chi connectivity index (χ0v) is 66.3. The molecule has 0 radical (unpaired) electrons. The van der Waals surface area contributed by atoms with Crippen LogP contribution in [-0.4, -0.2) is 0 Å². The third kappa shape index (κ3) is 13.7. The van der Waals surface area contributed by atoms with E-state index in [0.717, 1.165) is 57.3 Å². The van der Waals surface area contributed by atoms with Crippen molar-refractivity contribution in [2.45, 2.75) is 105 Å². The van der Waals surface area contributed by atoms with Crippen molar-refractivity contribution in [2.75, 3.05) is 0 Å². The maximum absolute atomic E-state index is 3.50. The van der Waals surface area contributed by atoms with Crippen LogP contribution < -0.4 is 0 Å². The fourth-order valence-electron chi connectivity index (χ4n) is 17.3. The Bertz CT molecular complexity index is 6910. The zero-order chi connectivity index (χ0) is 77.6. The highest BCUT2D eigenvalue weighted by Crippen LogP contribution is 2.46. The monoisotopic (exact) mass is 1460 g/mol. The van der Waals surface area contributed by atoms with Gasteiger partial charge in [-0.1, -0.05) is 358 Å². The lowest BCUT2D eigenvalue weighted by Crippen LogP contribution is -2.10. The first-order chi connectivity index (χ1) is 55.7. The van der Waals surface area contributed by atoms with Crippen LogP contribution in [0.4, 0.5) is 0 Å². The smallest absolute Gasteiger partial charge is 0.0328 e. The molecule has 20 aromatic carbocycles. The molecule has 20 rings (SSSR count). The third-order valence-electron chi connectivity index (χ3n) is 23.3. The van der Waals surface area contributed by atoms with Crippen molar-refractivity contribution < 1.29 is 0 Å². The average Bonchev–Trinajstić information content (AvgIpc) is 0.726. The molecule has 0 aliphatic carbocycles. The van der Waals surface area contributed by atoms with E-state index in [4.69, 9.17) is 0 Å². The normalized spacial score (nSPS) is 11.6. The Kier molecular flexibility index (Phi) is 19.2. The molecule has 0 unspecified atom stereocenters. The number of rotatable bonds is 7. The van der Waals surface area contributed by atoms with Crippen LogP contribution in [0.5, 0.6) is 0 Å². The molecule has 0 saturated heterocycles. The summed E-state index contributed by atoms with van der Waals surface area (Å²) in [4.78, 5) is 0. The first kappa shape index (κ1) is 72.1. The van der Waals surface area contributed by atoms with Crippen molar-refractivity contribution in [3.05, 3.63) is 382 Å². The van der Waals surface area contributed by atoms with Crippen molar-refractivity contribution in [3.8, 4) is 58.5 Å². The molecule has 0 saturated carbocycles. The van der Waals surface area contributed by atoms with Gasteiger partial charge in [0, 0.05) is 44.5 Å². The van der Waals surface area contributed by atoms with Gasteiger partial charge < -0.3 is 0 Å². The molecular weight excluding hydrogens is 1370 g/mol. The Morgan fingerprint density at radius 2 is 0.474 bits per heavy atom. The van der Waals surface area contributed by atoms with Gasteiger partial charge in [-0.15, -0.1) is 0 Å². The van der Waals surface area contributed by atoms with Gasteiger partial charge in [0.1, 0.15) is 0 Å². The van der Waals surface area contributed by atoms with Crippen molar-refractivity contribution in [1.29, 1.82) is 0 Å². The van der Waals surface area contributed by atoms with Crippen molar-refractivity contribution in [3.63, 3.8) is 0 Å². The highest BCUT2D eigenvalue weighted by molar-refractivity contribution is 6.37. The molecule has 0 N–H and O–H groups in total. The van der Waals surface area contributed by atoms with Crippen molar-refractivity contribution in [2.24, 2.45) is 0 Å². The SMILES string of the molecule is CC(C)(C)c1ccc(C#Cc2ccc3c4ccc(C#Cc5ccc(C(C)(C)C)cc5)c5cccc(c6cccc2c63)c54)cc1.CCCCc1ccc(C#Cc2ccc3c4ccc(C#Cc5ccc(CCCC)cc5)c5cccc(c6cccc2c63)c54)cc1.c1ccc(-c2ccc3c4cccc5cccc(c6cccc2c63)c54)cc1. The van der Waals surface area contributed by atoms with Crippen LogP contribution in [0.1, 0.15) is 148 Å². The molecule has 0 fully saturated rings. The summed E-state index contributed by atoms with van der Waals surface area (Å²) in [7, 11) is 0. The van der Waals surface area contributed by atoms with Crippen molar-refractivity contribution >= 4 is 129 Å². The molecule has 0 aliphatic heterocycles. The topological polar surface area (TPSA) is 0 Å². The van der Waals surface area contributed by atoms with Crippen molar-refractivity contribution in [1.82, 2.24) is 0 Å². The summed E-state index contributed by atoms with van der Waals surface area (Å²) in [5, 5.41) is 30.9. The molecule has 0 amide bonds. The summed E-state index contributed by atoms with van der Waals surface area (Å²) < 4.78 is 0. The minimum Gasteiger partial charge on any atom is -0.0654 e. The van der Waals surface area contributed by atoms with Gasteiger partial charge in [0.05, 0.1) is 0 Å². The number of aryl methyl sites for hydroxylation is 2. The lowest BCUT2D eigenvalue weighted by atomic mass is 9.86. The quantitative estimate of drug-likeness (QED) is 0.0848. The van der Waals surface area contributed by atoms with Gasteiger partial charge in [-0.2, -0.15) is 0 Å². The second-order valence-corrected chi connectivity index (χ2v) is 32.8. The Balaban J connectivity index is 0.000000123. The van der Waals surface area contributed by atoms with Crippen LogP contribution in [0.25, 0.3) is 140 Å². The summed E-state index contributed by atoms with van der Waals surface area (Å²) >= 11 is 0. The Labute approximate surface area is 670 Å². The van der Waals surface area contributed by atoms with Gasteiger partial charge >= 0.3 is 0 Å². The maximum Gasteiger partial charge on any atom is 0.0328 e. The molecule has 0 heteroatoms. The fourth-order valence-corrected chi connectivity index (χ4v) is 17.3. The predicted molar refractivity (Wildman–Crippen MR) is 493 cm³/mol. The number of fused-ring (bicyclic) bond motifs is 6. The lowest BCUT2D eigenvalue weighted by Gasteiger charge is -2.18. The van der Waals surface area contributed by atoms with E-state index < -0.39 is 0 Å². The average molecular weight is 1460 g/mol. The second kappa shape index (κ2) is 30.3. The first-order valence-electron chi connectivity index (χ1n) is 40.6. The minimum absolute atomic E-state index is 0.132. The van der Waals surface area contributed by atoms with E-state index in [-0.39, 0.29) is 10.8 Å². The number of hydrogen-bond donors (Lipinski definition) is 0. The Morgan fingerprint density at radius 3 is 0.789 bits per heavy atom. The molecule has 0 heterocycles. The zero-order valence-electron chi connectivity index (χ0n) is 66.3. The van der Waals surface area contributed by atoms with Gasteiger partial charge in [0.15, 0.2) is 0 Å². The van der Waals surface area contributed by atoms with Crippen LogP contribution in [0.2, 0.25) is 0 Å². The molecule has 0 spiro atoms. The van der Waals surface area contributed by atoms with E-state index in [1.807, 2.05) is 0 Å². The van der Waals surface area contributed by atoms with Crippen LogP contribution in [-0.2, 0) is 23.7 Å². The first-order valence-corrected chi connectivity index (χ1v) is 40.6. The van der Waals surface area contributed by atoms with Gasteiger partial charge in [-0.25, -0.2) is 0 Å². The molecule has 0 aromatic heterocycles. The Hall–Kier alpha value is -13.5. The molecule has 20 aromatic rings. The molecular formula is C114H88. The van der Waals surface area contributed by atoms with Crippen LogP contribution in [0.15, 0.2) is 315 Å². The number of benzene rings is 20. The van der Waals surface area contributed by atoms with Crippen LogP contribution in [0.3, 0.4) is 0 Å². The molecule has 0 atom stereocenters. The minimum atomic E-state index is 0.132. The highest BCUT2D eigenvalue weighted by Gasteiger charge is 2.21. The molecule has 0 aliphatic rings. The van der Waals surface area contributed by atoms with E-state index in [1.54, 1.807) is 0 Å². The van der Waals surface area contributed by atoms with Gasteiger partial charge in [0.25, 0.3) is 0 Å². The van der Waals surface area contributed by atoms with E-state index in [9.17, 15) is 0 Å². The number of unbranched alkanes of at least 4 members (excludes halogenated alkanes) is 2. The molecule has 544 valence electrons. The largest absolute Gasteiger partial charge is 0.0654 e. The van der Waals surface area contributed by atoms with Crippen LogP contribution in [0, 0.1) is 47.4 Å². The predicted octanol–water partition coefficient (Wildman–Crippen LogP) is 29.8. The highest BCUT2D eigenvalue weighted by atomic mass is 14.2. The lowest BCUT2D eigenvalue weighted by molar-refractivity contribution is 0.590.